The average molecular weight is 473 g/mol. The number of hydrogen-bond donors (Lipinski definition) is 2. The molecule has 4 rings (SSSR count). The molecule has 0 heterocycles. The van der Waals surface area contributed by atoms with E-state index in [0.717, 1.165) is 70.6 Å². The highest BCUT2D eigenvalue weighted by Gasteiger charge is 2.22. The minimum Gasteiger partial charge on any atom is -0.508 e. The fraction of sp³-hybridized carbons (Fsp3) is 0.419. The van der Waals surface area contributed by atoms with Gasteiger partial charge in [0.25, 0.3) is 0 Å². The van der Waals surface area contributed by atoms with Gasteiger partial charge in [-0.2, -0.15) is 0 Å². The van der Waals surface area contributed by atoms with Crippen LogP contribution in [0, 0.1) is 0 Å². The van der Waals surface area contributed by atoms with E-state index in [2.05, 4.69) is 78.7 Å². The molecule has 0 aromatic heterocycles. The molecule has 0 saturated carbocycles. The quantitative estimate of drug-likeness (QED) is 0.298. The molecule has 4 nitrogen and oxygen atoms in total. The van der Waals surface area contributed by atoms with Crippen LogP contribution in [0.2, 0.25) is 0 Å². The molecule has 0 radical (unpaired) electrons. The lowest BCUT2D eigenvalue weighted by atomic mass is 9.79. The van der Waals surface area contributed by atoms with E-state index in [1.807, 2.05) is 12.1 Å². The maximum Gasteiger partial charge on any atom is 0.119 e. The average Bonchev–Trinajstić information content (AvgIpc) is 2.90. The lowest BCUT2D eigenvalue weighted by Gasteiger charge is -2.27. The van der Waals surface area contributed by atoms with Crippen LogP contribution in [-0.2, 0) is 19.3 Å². The number of nitrogens with zero attached hydrogens (tertiary/aromatic N) is 1. The molecule has 2 N–H and O–H groups in total. The van der Waals surface area contributed by atoms with Gasteiger partial charge in [-0.05, 0) is 104 Å². The minimum absolute atomic E-state index is 0.377. The molecule has 0 amide bonds. The van der Waals surface area contributed by atoms with Crippen molar-refractivity contribution in [1.82, 2.24) is 4.90 Å². The maximum absolute atomic E-state index is 9.78. The highest BCUT2D eigenvalue weighted by Crippen LogP contribution is 2.37. The third-order valence-corrected chi connectivity index (χ3v) is 7.27. The Balaban J connectivity index is 1.24. The van der Waals surface area contributed by atoms with Crippen LogP contribution in [0.3, 0.4) is 0 Å². The van der Waals surface area contributed by atoms with Crippen LogP contribution in [0.5, 0.6) is 11.5 Å². The monoisotopic (exact) mass is 472 g/mol. The number of aryl methyl sites for hydroxylation is 2. The first-order valence-corrected chi connectivity index (χ1v) is 13.2. The number of phenolic OH excluding ortho intramolecular Hbond substituents is 1. The number of anilines is 1. The number of rotatable bonds is 12. The van der Waals surface area contributed by atoms with E-state index in [0.29, 0.717) is 11.7 Å². The molecule has 1 aliphatic carbocycles. The van der Waals surface area contributed by atoms with E-state index in [1.54, 1.807) is 0 Å². The molecule has 4 heteroatoms. The number of aromatic hydroxyl groups is 1. The van der Waals surface area contributed by atoms with Crippen LogP contribution < -0.4 is 10.1 Å². The molecule has 1 atom stereocenters. The van der Waals surface area contributed by atoms with Gasteiger partial charge >= 0.3 is 0 Å². The van der Waals surface area contributed by atoms with Crippen molar-refractivity contribution in [3.63, 3.8) is 0 Å². The van der Waals surface area contributed by atoms with Gasteiger partial charge in [-0.25, -0.2) is 0 Å². The summed E-state index contributed by atoms with van der Waals surface area (Å²) in [5.41, 5.74) is 6.69. The molecule has 0 fully saturated rings. The Morgan fingerprint density at radius 2 is 1.77 bits per heavy atom. The molecular formula is C31H40N2O2. The van der Waals surface area contributed by atoms with Gasteiger partial charge in [0.1, 0.15) is 18.1 Å². The zero-order valence-electron chi connectivity index (χ0n) is 21.3. The molecule has 1 unspecified atom stereocenters. The molecule has 0 aliphatic heterocycles. The van der Waals surface area contributed by atoms with Gasteiger partial charge < -0.3 is 20.1 Å². The lowest BCUT2D eigenvalue weighted by Crippen LogP contribution is -2.27. The highest BCUT2D eigenvalue weighted by molar-refractivity contribution is 5.54. The Morgan fingerprint density at radius 1 is 0.971 bits per heavy atom. The number of benzene rings is 3. The van der Waals surface area contributed by atoms with Gasteiger partial charge in [-0.3, -0.25) is 0 Å². The van der Waals surface area contributed by atoms with Gasteiger partial charge in [0.05, 0.1) is 0 Å². The summed E-state index contributed by atoms with van der Waals surface area (Å²) in [6.45, 7) is 9.17. The second-order valence-electron chi connectivity index (χ2n) is 9.53. The highest BCUT2D eigenvalue weighted by atomic mass is 16.5. The zero-order chi connectivity index (χ0) is 24.5. The summed E-state index contributed by atoms with van der Waals surface area (Å²) in [6, 6.07) is 23.2. The van der Waals surface area contributed by atoms with Crippen LogP contribution in [-0.4, -0.2) is 42.8 Å². The number of hydrogen-bond acceptors (Lipinski definition) is 4. The molecular weight excluding hydrogens is 432 g/mol. The van der Waals surface area contributed by atoms with E-state index in [1.165, 1.54) is 27.9 Å². The maximum atomic E-state index is 9.78. The Kier molecular flexibility index (Phi) is 9.08. The summed E-state index contributed by atoms with van der Waals surface area (Å²) in [4.78, 5) is 2.37. The molecule has 186 valence electrons. The zero-order valence-corrected chi connectivity index (χ0v) is 21.3. The van der Waals surface area contributed by atoms with Gasteiger partial charge in [-0.1, -0.05) is 50.2 Å². The molecule has 3 aromatic carbocycles. The Hall–Kier alpha value is -2.98. The van der Waals surface area contributed by atoms with E-state index in [-0.39, 0.29) is 0 Å². The van der Waals surface area contributed by atoms with Crippen molar-refractivity contribution in [2.24, 2.45) is 0 Å². The number of fused-ring (bicyclic) bond motifs is 1. The second-order valence-corrected chi connectivity index (χ2v) is 9.53. The van der Waals surface area contributed by atoms with Crippen molar-refractivity contribution in [1.29, 1.82) is 0 Å². The summed E-state index contributed by atoms with van der Waals surface area (Å²) >= 11 is 0. The van der Waals surface area contributed by atoms with E-state index >= 15 is 0 Å². The normalized spacial score (nSPS) is 15.1. The van der Waals surface area contributed by atoms with Crippen LogP contribution >= 0.6 is 0 Å². The van der Waals surface area contributed by atoms with Crippen LogP contribution in [0.25, 0.3) is 0 Å². The molecule has 0 bridgehead atoms. The summed E-state index contributed by atoms with van der Waals surface area (Å²) in [6.07, 6.45) is 5.33. The van der Waals surface area contributed by atoms with Crippen molar-refractivity contribution < 1.29 is 9.84 Å². The lowest BCUT2D eigenvalue weighted by molar-refractivity contribution is 0.223. The first-order valence-electron chi connectivity index (χ1n) is 13.2. The number of likely N-dealkylation sites (N-methyl/N-ethyl adjacent to an activating group) is 1. The van der Waals surface area contributed by atoms with Gasteiger partial charge in [0, 0.05) is 18.8 Å². The van der Waals surface area contributed by atoms with E-state index < -0.39 is 0 Å². The number of nitrogens with one attached hydrogen (secondary N) is 1. The van der Waals surface area contributed by atoms with Crippen LogP contribution in [0.1, 0.15) is 54.9 Å². The SMILES string of the molecule is CCN(CC)CCOc1ccc(CCCNc2ccccc2C2CCc3cc(O)ccc3C2)cc1. The Labute approximate surface area is 211 Å². The van der Waals surface area contributed by atoms with Gasteiger partial charge in [0.2, 0.25) is 0 Å². The van der Waals surface area contributed by atoms with Crippen molar-refractivity contribution >= 4 is 5.69 Å². The van der Waals surface area contributed by atoms with Crippen LogP contribution in [0.15, 0.2) is 66.7 Å². The fourth-order valence-corrected chi connectivity index (χ4v) is 5.12. The number of para-hydroxylation sites is 1. The fourth-order valence-electron chi connectivity index (χ4n) is 5.12. The first-order chi connectivity index (χ1) is 17.2. The van der Waals surface area contributed by atoms with E-state index in [4.69, 9.17) is 4.74 Å². The smallest absolute Gasteiger partial charge is 0.119 e. The summed E-state index contributed by atoms with van der Waals surface area (Å²) in [5, 5.41) is 13.5. The first kappa shape index (κ1) is 25.1. The summed E-state index contributed by atoms with van der Waals surface area (Å²) < 4.78 is 5.91. The Bertz CT molecular complexity index is 1060. The van der Waals surface area contributed by atoms with E-state index in [9.17, 15) is 5.11 Å². The number of phenols is 1. The molecule has 0 saturated heterocycles. The summed E-state index contributed by atoms with van der Waals surface area (Å²) in [5.74, 6) is 1.85. The van der Waals surface area contributed by atoms with Crippen molar-refractivity contribution in [3.8, 4) is 11.5 Å². The number of ether oxygens (including phenoxy) is 1. The van der Waals surface area contributed by atoms with Gasteiger partial charge in [0.15, 0.2) is 0 Å². The van der Waals surface area contributed by atoms with Crippen LogP contribution in [0.4, 0.5) is 5.69 Å². The molecule has 35 heavy (non-hydrogen) atoms. The third-order valence-electron chi connectivity index (χ3n) is 7.27. The largest absolute Gasteiger partial charge is 0.508 e. The molecule has 1 aliphatic rings. The van der Waals surface area contributed by atoms with Crippen molar-refractivity contribution in [3.05, 3.63) is 89.0 Å². The van der Waals surface area contributed by atoms with Gasteiger partial charge in [-0.15, -0.1) is 0 Å². The Morgan fingerprint density at radius 3 is 2.57 bits per heavy atom. The minimum atomic E-state index is 0.377. The van der Waals surface area contributed by atoms with Crippen molar-refractivity contribution in [2.45, 2.75) is 51.9 Å². The summed E-state index contributed by atoms with van der Waals surface area (Å²) in [7, 11) is 0. The molecule has 3 aromatic rings. The second kappa shape index (κ2) is 12.6. The van der Waals surface area contributed by atoms with Crippen molar-refractivity contribution in [2.75, 3.05) is 38.1 Å². The predicted octanol–water partition coefficient (Wildman–Crippen LogP) is 6.43. The standard InChI is InChI=1S/C31H40N2O2/c1-3-33(4-2)20-21-35-29-17-11-24(12-18-29)8-7-19-32-31-10-6-5-9-30(31)27-14-13-26-23-28(34)16-15-25(26)22-27/h5-6,9-12,15-18,23,27,32,34H,3-4,7-8,13-14,19-22H2,1-2H3. The third kappa shape index (κ3) is 7.02. The predicted molar refractivity (Wildman–Crippen MR) is 146 cm³/mol. The molecule has 0 spiro atoms. The topological polar surface area (TPSA) is 44.7 Å².